The molecule has 1 aliphatic rings. The van der Waals surface area contributed by atoms with Gasteiger partial charge in [0.25, 0.3) is 5.78 Å². The number of fused-ring (bicyclic) bond motifs is 1. The summed E-state index contributed by atoms with van der Waals surface area (Å²) in [6.07, 6.45) is 4.23. The van der Waals surface area contributed by atoms with Gasteiger partial charge in [-0.1, -0.05) is 37.3 Å². The zero-order valence-corrected chi connectivity index (χ0v) is 18.3. The number of ketones is 1. The van der Waals surface area contributed by atoms with E-state index in [4.69, 9.17) is 0 Å². The number of amides is 1. The number of hydrogen-bond donors (Lipinski definition) is 1. The van der Waals surface area contributed by atoms with E-state index >= 15 is 0 Å². The van der Waals surface area contributed by atoms with Crippen molar-refractivity contribution in [3.8, 4) is 0 Å². The van der Waals surface area contributed by atoms with Crippen LogP contribution in [0.4, 0.5) is 5.13 Å². The minimum Gasteiger partial charge on any atom is -0.505 e. The van der Waals surface area contributed by atoms with Gasteiger partial charge in [0.05, 0.1) is 17.3 Å². The maximum Gasteiger partial charge on any atom is 0.301 e. The van der Waals surface area contributed by atoms with Crippen LogP contribution >= 0.6 is 11.3 Å². The number of aryl methyl sites for hydroxylation is 2. The molecule has 1 amide bonds. The SMILES string of the molecule is CCc1ccc(C2/C(=C(\O)c3c(C)nc4ccccn34)C(=O)C(=O)N2c2nccs2)cc1. The Labute approximate surface area is 188 Å². The highest BCUT2D eigenvalue weighted by molar-refractivity contribution is 7.14. The number of anilines is 1. The van der Waals surface area contributed by atoms with Gasteiger partial charge >= 0.3 is 5.91 Å². The van der Waals surface area contributed by atoms with Crippen LogP contribution in [-0.4, -0.2) is 31.2 Å². The normalized spacial score (nSPS) is 18.1. The lowest BCUT2D eigenvalue weighted by Gasteiger charge is -2.23. The number of hydrogen-bond acceptors (Lipinski definition) is 6. The second kappa shape index (κ2) is 7.72. The predicted molar refractivity (Wildman–Crippen MR) is 123 cm³/mol. The van der Waals surface area contributed by atoms with Crippen LogP contribution in [0.25, 0.3) is 11.4 Å². The monoisotopic (exact) mass is 444 g/mol. The van der Waals surface area contributed by atoms with E-state index in [1.807, 2.05) is 42.5 Å². The van der Waals surface area contributed by atoms with E-state index in [1.54, 1.807) is 29.1 Å². The first-order chi connectivity index (χ1) is 15.5. The third-order valence-corrected chi connectivity index (χ3v) is 6.47. The smallest absolute Gasteiger partial charge is 0.301 e. The van der Waals surface area contributed by atoms with Crippen molar-refractivity contribution in [3.63, 3.8) is 0 Å². The van der Waals surface area contributed by atoms with Crippen molar-refractivity contribution in [1.82, 2.24) is 14.4 Å². The second-order valence-corrected chi connectivity index (χ2v) is 8.43. The van der Waals surface area contributed by atoms with Gasteiger partial charge in [0, 0.05) is 17.8 Å². The molecule has 7 nitrogen and oxygen atoms in total. The van der Waals surface area contributed by atoms with E-state index in [2.05, 4.69) is 16.9 Å². The molecule has 0 spiro atoms. The summed E-state index contributed by atoms with van der Waals surface area (Å²) >= 11 is 1.27. The number of carbonyl (C=O) groups is 2. The largest absolute Gasteiger partial charge is 0.505 e. The molecule has 8 heteroatoms. The zero-order valence-electron chi connectivity index (χ0n) is 17.5. The number of carbonyl (C=O) groups excluding carboxylic acids is 2. The van der Waals surface area contributed by atoms with Gasteiger partial charge in [-0.15, -0.1) is 11.3 Å². The number of benzene rings is 1. The Morgan fingerprint density at radius 3 is 2.62 bits per heavy atom. The van der Waals surface area contributed by atoms with Crippen LogP contribution in [0.15, 0.2) is 65.8 Å². The number of Topliss-reactive ketones (excluding diaryl/α,β-unsaturated/α-hetero) is 1. The predicted octanol–water partition coefficient (Wildman–Crippen LogP) is 4.29. The van der Waals surface area contributed by atoms with Crippen LogP contribution in [0, 0.1) is 6.92 Å². The van der Waals surface area contributed by atoms with Gasteiger partial charge in [-0.25, -0.2) is 9.97 Å². The fourth-order valence-electron chi connectivity index (χ4n) is 4.14. The Balaban J connectivity index is 1.77. The summed E-state index contributed by atoms with van der Waals surface area (Å²) in [5.41, 5.74) is 3.50. The molecule has 5 rings (SSSR count). The quantitative estimate of drug-likeness (QED) is 0.288. The first kappa shape index (κ1) is 20.1. The van der Waals surface area contributed by atoms with Crippen LogP contribution in [0.5, 0.6) is 0 Å². The molecule has 4 heterocycles. The Hall–Kier alpha value is -3.78. The van der Waals surface area contributed by atoms with Gasteiger partial charge in [-0.3, -0.25) is 18.9 Å². The number of imidazole rings is 1. The first-order valence-electron chi connectivity index (χ1n) is 10.2. The Bertz CT molecular complexity index is 1370. The number of aromatic nitrogens is 3. The number of aliphatic hydroxyl groups excluding tert-OH is 1. The molecular formula is C24H20N4O3S. The van der Waals surface area contributed by atoms with Gasteiger partial charge in [0.1, 0.15) is 11.3 Å². The van der Waals surface area contributed by atoms with Crippen molar-refractivity contribution < 1.29 is 14.7 Å². The van der Waals surface area contributed by atoms with Crippen LogP contribution in [0.2, 0.25) is 0 Å². The number of rotatable bonds is 4. The summed E-state index contributed by atoms with van der Waals surface area (Å²) in [5, 5.41) is 13.6. The molecule has 1 N–H and O–H groups in total. The summed E-state index contributed by atoms with van der Waals surface area (Å²) in [5.74, 6) is -1.70. The molecule has 160 valence electrons. The van der Waals surface area contributed by atoms with Gasteiger partial charge in [-0.2, -0.15) is 0 Å². The summed E-state index contributed by atoms with van der Waals surface area (Å²) in [6, 6.07) is 12.4. The van der Waals surface area contributed by atoms with Crippen molar-refractivity contribution in [3.05, 3.63) is 88.3 Å². The molecule has 1 unspecified atom stereocenters. The summed E-state index contributed by atoms with van der Waals surface area (Å²) in [4.78, 5) is 36.5. The van der Waals surface area contributed by atoms with Crippen LogP contribution in [0.1, 0.15) is 35.5 Å². The van der Waals surface area contributed by atoms with Gasteiger partial charge in [0.2, 0.25) is 0 Å². The van der Waals surface area contributed by atoms with Crippen molar-refractivity contribution >= 4 is 39.6 Å². The Kier molecular flexibility index (Phi) is 4.86. The van der Waals surface area contributed by atoms with Crippen LogP contribution in [-0.2, 0) is 16.0 Å². The number of pyridine rings is 1. The summed E-state index contributed by atoms with van der Waals surface area (Å²) in [6.45, 7) is 3.83. The molecule has 1 atom stereocenters. The topological polar surface area (TPSA) is 87.8 Å². The van der Waals surface area contributed by atoms with Gasteiger partial charge in [0.15, 0.2) is 10.9 Å². The third-order valence-electron chi connectivity index (χ3n) is 5.70. The van der Waals surface area contributed by atoms with Crippen molar-refractivity contribution in [2.75, 3.05) is 4.90 Å². The van der Waals surface area contributed by atoms with Crippen LogP contribution in [0.3, 0.4) is 0 Å². The number of aliphatic hydroxyl groups is 1. The molecule has 0 bridgehead atoms. The van der Waals surface area contributed by atoms with E-state index in [0.29, 0.717) is 22.2 Å². The summed E-state index contributed by atoms with van der Waals surface area (Å²) in [7, 11) is 0. The second-order valence-electron chi connectivity index (χ2n) is 7.55. The zero-order chi connectivity index (χ0) is 22.4. The molecule has 4 aromatic rings. The Morgan fingerprint density at radius 2 is 1.94 bits per heavy atom. The summed E-state index contributed by atoms with van der Waals surface area (Å²) < 4.78 is 1.72. The standard InChI is InChI=1S/C24H20N4O3S/c1-3-15-7-9-16(10-8-15)20-18(22(30)23(31)28(20)24-25-11-13-32-24)21(29)19-14(2)26-17-6-4-5-12-27(17)19/h4-13,20,29H,3H2,1-2H3/b21-18+. The molecule has 1 saturated heterocycles. The minimum absolute atomic E-state index is 0.0307. The number of nitrogens with zero attached hydrogens (tertiary/aromatic N) is 4. The minimum atomic E-state index is -0.791. The molecule has 3 aromatic heterocycles. The highest BCUT2D eigenvalue weighted by Gasteiger charge is 2.48. The number of thiazole rings is 1. The molecule has 0 aliphatic carbocycles. The Morgan fingerprint density at radius 1 is 1.16 bits per heavy atom. The van der Waals surface area contributed by atoms with Crippen LogP contribution < -0.4 is 4.90 Å². The van der Waals surface area contributed by atoms with E-state index in [9.17, 15) is 14.7 Å². The van der Waals surface area contributed by atoms with E-state index in [1.165, 1.54) is 16.2 Å². The maximum absolute atomic E-state index is 13.2. The first-order valence-corrected chi connectivity index (χ1v) is 11.1. The van der Waals surface area contributed by atoms with Crippen molar-refractivity contribution in [2.45, 2.75) is 26.3 Å². The lowest BCUT2D eigenvalue weighted by molar-refractivity contribution is -0.132. The maximum atomic E-state index is 13.2. The van der Waals surface area contributed by atoms with E-state index in [0.717, 1.165) is 17.5 Å². The molecular weight excluding hydrogens is 424 g/mol. The van der Waals surface area contributed by atoms with Gasteiger partial charge in [-0.05, 0) is 36.6 Å². The molecule has 32 heavy (non-hydrogen) atoms. The van der Waals surface area contributed by atoms with Crippen molar-refractivity contribution in [2.24, 2.45) is 0 Å². The fraction of sp³-hybridized carbons (Fsp3) is 0.167. The highest BCUT2D eigenvalue weighted by Crippen LogP contribution is 2.43. The molecule has 0 radical (unpaired) electrons. The average molecular weight is 445 g/mol. The fourth-order valence-corrected chi connectivity index (χ4v) is 4.81. The molecule has 1 fully saturated rings. The molecule has 0 saturated carbocycles. The lowest BCUT2D eigenvalue weighted by atomic mass is 9.95. The van der Waals surface area contributed by atoms with Crippen molar-refractivity contribution in [1.29, 1.82) is 0 Å². The average Bonchev–Trinajstić information content (AvgIpc) is 3.50. The highest BCUT2D eigenvalue weighted by atomic mass is 32.1. The molecule has 1 aromatic carbocycles. The third kappa shape index (κ3) is 3.03. The van der Waals surface area contributed by atoms with E-state index in [-0.39, 0.29) is 11.3 Å². The molecule has 1 aliphatic heterocycles. The van der Waals surface area contributed by atoms with E-state index < -0.39 is 17.7 Å². The lowest BCUT2D eigenvalue weighted by Crippen LogP contribution is -2.29. The van der Waals surface area contributed by atoms with Gasteiger partial charge < -0.3 is 5.11 Å².